The fraction of sp³-hybridized carbons (Fsp3) is 0.412. The lowest BCUT2D eigenvalue weighted by atomic mass is 9.95. The molecule has 1 saturated carbocycles. The lowest BCUT2D eigenvalue weighted by molar-refractivity contribution is 0.578. The quantitative estimate of drug-likeness (QED) is 0.714. The Morgan fingerprint density at radius 3 is 2.84 bits per heavy atom. The maximum absolute atomic E-state index is 14.8. The lowest BCUT2D eigenvalue weighted by Gasteiger charge is -2.18. The zero-order valence-electron chi connectivity index (χ0n) is 13.6. The average Bonchev–Trinajstić information content (AvgIpc) is 3.15. The van der Waals surface area contributed by atoms with Gasteiger partial charge in [-0.15, -0.1) is 0 Å². The highest BCUT2D eigenvalue weighted by Crippen LogP contribution is 2.41. The highest BCUT2D eigenvalue weighted by atomic mass is 35.5. The minimum Gasteiger partial charge on any atom is -0.330 e. The van der Waals surface area contributed by atoms with E-state index in [-0.39, 0.29) is 27.8 Å². The summed E-state index contributed by atoms with van der Waals surface area (Å²) in [5.41, 5.74) is 5.98. The topological polar surface area (TPSA) is 80.9 Å². The molecule has 8 heteroatoms. The van der Waals surface area contributed by atoms with Crippen LogP contribution >= 0.6 is 23.1 Å². The zero-order chi connectivity index (χ0) is 17.9. The predicted molar refractivity (Wildman–Crippen MR) is 99.4 cm³/mol. The highest BCUT2D eigenvalue weighted by Gasteiger charge is 2.30. The van der Waals surface area contributed by atoms with E-state index in [1.807, 2.05) is 11.5 Å². The van der Waals surface area contributed by atoms with Crippen LogP contribution in [0.5, 0.6) is 0 Å². The van der Waals surface area contributed by atoms with Crippen LogP contribution in [0.1, 0.15) is 37.7 Å². The highest BCUT2D eigenvalue weighted by molar-refractivity contribution is 7.12. The third-order valence-corrected chi connectivity index (χ3v) is 6.38. The number of hydrogen-bond donors (Lipinski definition) is 2. The number of nitrogens with one attached hydrogen (secondary N) is 1. The van der Waals surface area contributed by atoms with Crippen molar-refractivity contribution in [3.8, 4) is 0 Å². The van der Waals surface area contributed by atoms with E-state index in [0.29, 0.717) is 28.9 Å². The molecular formula is C17H17ClFN3O2S. The van der Waals surface area contributed by atoms with Gasteiger partial charge in [0.05, 0.1) is 15.9 Å². The Bertz CT molecular complexity index is 1120. The molecule has 1 fully saturated rings. The van der Waals surface area contributed by atoms with E-state index in [4.69, 9.17) is 17.3 Å². The van der Waals surface area contributed by atoms with Crippen molar-refractivity contribution in [2.45, 2.75) is 44.7 Å². The van der Waals surface area contributed by atoms with Crippen molar-refractivity contribution in [1.82, 2.24) is 8.94 Å². The largest absolute Gasteiger partial charge is 0.330 e. The number of aromatic nitrogens is 2. The lowest BCUT2D eigenvalue weighted by Crippen LogP contribution is -2.17. The molecule has 0 amide bonds. The number of fused-ring (bicyclic) bond motifs is 2. The van der Waals surface area contributed by atoms with Gasteiger partial charge in [0.2, 0.25) is 5.43 Å². The van der Waals surface area contributed by atoms with Crippen molar-refractivity contribution in [3.63, 3.8) is 0 Å². The fourth-order valence-corrected chi connectivity index (χ4v) is 5.29. The van der Waals surface area contributed by atoms with Crippen molar-refractivity contribution in [3.05, 3.63) is 43.0 Å². The normalized spacial score (nSPS) is 20.8. The maximum Gasteiger partial charge on any atom is 0.271 e. The minimum atomic E-state index is -0.498. The standard InChI is InChI=1S/C17H17ClFN3O2S/c1-2-22-14-9(15(23)12-16(24)21-25-17(12)22)6-10(19)11(13(14)18)7-3-4-8(20)5-7/h6-8H,2-5,20H2,1H3,(H,21,24). The molecule has 4 rings (SSSR count). The molecule has 2 unspecified atom stereocenters. The molecular weight excluding hydrogens is 365 g/mol. The number of hydrogen-bond acceptors (Lipinski definition) is 4. The van der Waals surface area contributed by atoms with Gasteiger partial charge in [-0.05, 0) is 49.7 Å². The first kappa shape index (κ1) is 16.8. The Labute approximate surface area is 151 Å². The van der Waals surface area contributed by atoms with Crippen molar-refractivity contribution >= 4 is 44.3 Å². The number of pyridine rings is 1. The van der Waals surface area contributed by atoms with Crippen LogP contribution in [0.4, 0.5) is 4.39 Å². The number of H-pyrrole nitrogens is 1. The van der Waals surface area contributed by atoms with Gasteiger partial charge in [-0.2, -0.15) is 0 Å². The summed E-state index contributed by atoms with van der Waals surface area (Å²) in [6.45, 7) is 2.41. The second-order valence-corrected chi connectivity index (χ2v) is 7.71. The smallest absolute Gasteiger partial charge is 0.271 e. The molecule has 2 aromatic heterocycles. The van der Waals surface area contributed by atoms with Gasteiger partial charge in [-0.25, -0.2) is 4.39 Å². The molecule has 0 saturated heterocycles. The van der Waals surface area contributed by atoms with Crippen LogP contribution in [0, 0.1) is 5.82 Å². The van der Waals surface area contributed by atoms with Crippen LogP contribution in [0.15, 0.2) is 15.7 Å². The minimum absolute atomic E-state index is 0.0435. The zero-order valence-corrected chi connectivity index (χ0v) is 15.1. The number of rotatable bonds is 2. The summed E-state index contributed by atoms with van der Waals surface area (Å²) in [4.78, 5) is 25.3. The summed E-state index contributed by atoms with van der Waals surface area (Å²) in [7, 11) is 0. The number of aromatic amines is 1. The third-order valence-electron chi connectivity index (χ3n) is 5.09. The van der Waals surface area contributed by atoms with Gasteiger partial charge in [-0.3, -0.25) is 14.0 Å². The number of nitrogens with two attached hydrogens (primary N) is 1. The molecule has 25 heavy (non-hydrogen) atoms. The molecule has 0 radical (unpaired) electrons. The average molecular weight is 382 g/mol. The Morgan fingerprint density at radius 1 is 1.44 bits per heavy atom. The van der Waals surface area contributed by atoms with Gasteiger partial charge in [-0.1, -0.05) is 11.6 Å². The number of aryl methyl sites for hydroxylation is 1. The van der Waals surface area contributed by atoms with E-state index in [1.54, 1.807) is 0 Å². The van der Waals surface area contributed by atoms with Gasteiger partial charge in [0.25, 0.3) is 5.56 Å². The molecule has 132 valence electrons. The van der Waals surface area contributed by atoms with Crippen LogP contribution in [0.3, 0.4) is 0 Å². The van der Waals surface area contributed by atoms with Crippen LogP contribution in [-0.4, -0.2) is 15.0 Å². The summed E-state index contributed by atoms with van der Waals surface area (Å²) in [6, 6.07) is 1.27. The Morgan fingerprint density at radius 2 is 2.20 bits per heavy atom. The Balaban J connectivity index is 2.15. The number of nitrogens with zero attached hydrogens (tertiary/aromatic N) is 1. The van der Waals surface area contributed by atoms with E-state index in [1.165, 1.54) is 6.07 Å². The van der Waals surface area contributed by atoms with Gasteiger partial charge in [0, 0.05) is 18.2 Å². The van der Waals surface area contributed by atoms with Gasteiger partial charge in [0.15, 0.2) is 0 Å². The summed E-state index contributed by atoms with van der Waals surface area (Å²) < 4.78 is 19.2. The van der Waals surface area contributed by atoms with Crippen molar-refractivity contribution in [1.29, 1.82) is 0 Å². The van der Waals surface area contributed by atoms with Gasteiger partial charge >= 0.3 is 0 Å². The molecule has 1 aliphatic carbocycles. The van der Waals surface area contributed by atoms with Gasteiger partial charge < -0.3 is 10.3 Å². The molecule has 3 aromatic rings. The van der Waals surface area contributed by atoms with Crippen LogP contribution in [0.25, 0.3) is 21.1 Å². The molecule has 2 atom stereocenters. The fourth-order valence-electron chi connectivity index (χ4n) is 3.94. The first-order valence-corrected chi connectivity index (χ1v) is 9.44. The van der Waals surface area contributed by atoms with Gasteiger partial charge in [0.1, 0.15) is 16.0 Å². The predicted octanol–water partition coefficient (Wildman–Crippen LogP) is 3.31. The summed E-state index contributed by atoms with van der Waals surface area (Å²) in [5.74, 6) is -0.546. The molecule has 0 aliphatic heterocycles. The van der Waals surface area contributed by atoms with E-state index in [9.17, 15) is 14.0 Å². The molecule has 3 N–H and O–H groups in total. The molecule has 0 spiro atoms. The number of halogens is 2. The van der Waals surface area contributed by atoms with E-state index >= 15 is 0 Å². The van der Waals surface area contributed by atoms with Crippen LogP contribution in [0.2, 0.25) is 5.02 Å². The monoisotopic (exact) mass is 381 g/mol. The van der Waals surface area contributed by atoms with E-state index < -0.39 is 16.8 Å². The van der Waals surface area contributed by atoms with Crippen LogP contribution < -0.4 is 16.7 Å². The molecule has 0 bridgehead atoms. The maximum atomic E-state index is 14.8. The first-order valence-electron chi connectivity index (χ1n) is 8.25. The summed E-state index contributed by atoms with van der Waals surface area (Å²) >= 11 is 7.71. The molecule has 1 aliphatic rings. The second kappa shape index (κ2) is 5.93. The Hall–Kier alpha value is -1.70. The van der Waals surface area contributed by atoms with E-state index in [0.717, 1.165) is 24.4 Å². The van der Waals surface area contributed by atoms with E-state index in [2.05, 4.69) is 4.37 Å². The Kier molecular flexibility index (Phi) is 3.97. The number of benzene rings is 1. The summed E-state index contributed by atoms with van der Waals surface area (Å²) in [6.07, 6.45) is 2.29. The third kappa shape index (κ3) is 2.37. The molecule has 2 heterocycles. The molecule has 1 aromatic carbocycles. The second-order valence-electron chi connectivity index (χ2n) is 6.54. The van der Waals surface area contributed by atoms with Crippen molar-refractivity contribution < 1.29 is 4.39 Å². The van der Waals surface area contributed by atoms with Crippen molar-refractivity contribution in [2.75, 3.05) is 0 Å². The SMILES string of the molecule is CCn1c2s[nH]c(=O)c2c(=O)c2cc(F)c(C3CCC(N)C3)c(Cl)c21. The van der Waals surface area contributed by atoms with Crippen LogP contribution in [-0.2, 0) is 6.54 Å². The summed E-state index contributed by atoms with van der Waals surface area (Å²) in [5, 5.41) is 0.466. The molecule has 5 nitrogen and oxygen atoms in total. The first-order chi connectivity index (χ1) is 11.9. The van der Waals surface area contributed by atoms with Crippen molar-refractivity contribution in [2.24, 2.45) is 5.73 Å².